The SMILES string of the molecule is Cc1cc(C(F)F)n2ncc(C(=O)Nc3ccn(Cc4ccccc4C)n3)c2n1. The van der Waals surface area contributed by atoms with Crippen molar-refractivity contribution < 1.29 is 13.6 Å². The molecule has 3 heterocycles. The molecule has 7 nitrogen and oxygen atoms in total. The number of carbonyl (C=O) groups excluding carboxylic acids is 1. The molecule has 29 heavy (non-hydrogen) atoms. The van der Waals surface area contributed by atoms with Crippen molar-refractivity contribution in [1.82, 2.24) is 24.4 Å². The minimum atomic E-state index is -2.73. The minimum absolute atomic E-state index is 0.0807. The number of alkyl halides is 2. The number of anilines is 1. The Balaban J connectivity index is 1.56. The predicted octanol–water partition coefficient (Wildman–Crippen LogP) is 3.78. The highest BCUT2D eigenvalue weighted by atomic mass is 19.3. The minimum Gasteiger partial charge on any atom is -0.305 e. The van der Waals surface area contributed by atoms with Gasteiger partial charge in [0, 0.05) is 18.0 Å². The number of hydrogen-bond donors (Lipinski definition) is 1. The van der Waals surface area contributed by atoms with Gasteiger partial charge in [0.15, 0.2) is 11.5 Å². The average molecular weight is 396 g/mol. The Hall–Kier alpha value is -3.62. The monoisotopic (exact) mass is 396 g/mol. The van der Waals surface area contributed by atoms with Crippen LogP contribution in [0.3, 0.4) is 0 Å². The fraction of sp³-hybridized carbons (Fsp3) is 0.200. The zero-order valence-corrected chi connectivity index (χ0v) is 15.8. The highest BCUT2D eigenvalue weighted by Crippen LogP contribution is 2.22. The molecule has 0 saturated heterocycles. The van der Waals surface area contributed by atoms with Crippen LogP contribution in [-0.4, -0.2) is 30.3 Å². The van der Waals surface area contributed by atoms with Crippen LogP contribution in [0.2, 0.25) is 0 Å². The maximum absolute atomic E-state index is 13.2. The van der Waals surface area contributed by atoms with E-state index in [1.807, 2.05) is 31.2 Å². The number of aromatic nitrogens is 5. The number of amides is 1. The van der Waals surface area contributed by atoms with Gasteiger partial charge < -0.3 is 5.32 Å². The van der Waals surface area contributed by atoms with Crippen LogP contribution in [0, 0.1) is 13.8 Å². The average Bonchev–Trinajstić information content (AvgIpc) is 3.29. The molecule has 1 aromatic carbocycles. The van der Waals surface area contributed by atoms with Crippen LogP contribution in [0.25, 0.3) is 5.65 Å². The molecule has 0 saturated carbocycles. The number of benzene rings is 1. The van der Waals surface area contributed by atoms with Gasteiger partial charge in [-0.05, 0) is 31.0 Å². The first kappa shape index (κ1) is 18.7. The van der Waals surface area contributed by atoms with Crippen molar-refractivity contribution in [2.75, 3.05) is 5.32 Å². The van der Waals surface area contributed by atoms with Gasteiger partial charge in [-0.1, -0.05) is 24.3 Å². The quantitative estimate of drug-likeness (QED) is 0.557. The largest absolute Gasteiger partial charge is 0.305 e. The number of halogens is 2. The first-order valence-corrected chi connectivity index (χ1v) is 8.95. The highest BCUT2D eigenvalue weighted by molar-refractivity contribution is 6.07. The fourth-order valence-electron chi connectivity index (χ4n) is 3.09. The van der Waals surface area contributed by atoms with Crippen LogP contribution >= 0.6 is 0 Å². The van der Waals surface area contributed by atoms with E-state index in [4.69, 9.17) is 0 Å². The van der Waals surface area contributed by atoms with E-state index in [1.54, 1.807) is 23.9 Å². The lowest BCUT2D eigenvalue weighted by atomic mass is 10.1. The summed E-state index contributed by atoms with van der Waals surface area (Å²) in [5.41, 5.74) is 2.52. The summed E-state index contributed by atoms with van der Waals surface area (Å²) in [7, 11) is 0. The lowest BCUT2D eigenvalue weighted by Crippen LogP contribution is -2.13. The summed E-state index contributed by atoms with van der Waals surface area (Å²) in [5.74, 6) is -0.163. The van der Waals surface area contributed by atoms with E-state index in [1.165, 1.54) is 12.3 Å². The van der Waals surface area contributed by atoms with Crippen LogP contribution in [0.4, 0.5) is 14.6 Å². The lowest BCUT2D eigenvalue weighted by molar-refractivity contribution is 0.102. The van der Waals surface area contributed by atoms with Crippen molar-refractivity contribution in [3.8, 4) is 0 Å². The Morgan fingerprint density at radius 2 is 2.00 bits per heavy atom. The standard InChI is InChI=1S/C20H18F2N6O/c1-12-5-3-4-6-14(12)11-27-8-7-17(26-27)25-20(29)15-10-23-28-16(18(21)22)9-13(2)24-19(15)28/h3-10,18H,11H2,1-2H3,(H,25,26,29). The summed E-state index contributed by atoms with van der Waals surface area (Å²) >= 11 is 0. The highest BCUT2D eigenvalue weighted by Gasteiger charge is 2.20. The molecule has 4 rings (SSSR count). The van der Waals surface area contributed by atoms with Crippen molar-refractivity contribution in [2.24, 2.45) is 0 Å². The van der Waals surface area contributed by atoms with Gasteiger partial charge in [0.25, 0.3) is 12.3 Å². The molecule has 3 aromatic heterocycles. The van der Waals surface area contributed by atoms with Crippen molar-refractivity contribution >= 4 is 17.4 Å². The molecule has 148 valence electrons. The van der Waals surface area contributed by atoms with Crippen LogP contribution in [-0.2, 0) is 6.54 Å². The molecule has 0 aliphatic carbocycles. The Kier molecular flexibility index (Phi) is 4.79. The molecular formula is C20H18F2N6O. The third-order valence-electron chi connectivity index (χ3n) is 4.57. The van der Waals surface area contributed by atoms with Crippen LogP contribution in [0.5, 0.6) is 0 Å². The first-order valence-electron chi connectivity index (χ1n) is 8.95. The van der Waals surface area contributed by atoms with Crippen LogP contribution in [0.1, 0.15) is 39.3 Å². The first-order chi connectivity index (χ1) is 13.9. The summed E-state index contributed by atoms with van der Waals surface area (Å²) in [5, 5.41) is 10.9. The van der Waals surface area contributed by atoms with Crippen molar-refractivity contribution in [3.05, 3.63) is 76.9 Å². The fourth-order valence-corrected chi connectivity index (χ4v) is 3.09. The Labute approximate surface area is 165 Å². The van der Waals surface area contributed by atoms with Gasteiger partial charge in [0.05, 0.1) is 12.7 Å². The Morgan fingerprint density at radius 1 is 1.21 bits per heavy atom. The van der Waals surface area contributed by atoms with Gasteiger partial charge in [0.2, 0.25) is 0 Å². The summed E-state index contributed by atoms with van der Waals surface area (Å²) < 4.78 is 29.2. The lowest BCUT2D eigenvalue weighted by Gasteiger charge is -2.06. The molecule has 0 aliphatic rings. The van der Waals surface area contributed by atoms with Gasteiger partial charge in [-0.2, -0.15) is 10.2 Å². The van der Waals surface area contributed by atoms with E-state index < -0.39 is 12.3 Å². The molecule has 1 amide bonds. The molecule has 0 unspecified atom stereocenters. The van der Waals surface area contributed by atoms with E-state index in [-0.39, 0.29) is 16.9 Å². The molecule has 0 bridgehead atoms. The van der Waals surface area contributed by atoms with E-state index in [9.17, 15) is 13.6 Å². The summed E-state index contributed by atoms with van der Waals surface area (Å²) in [4.78, 5) is 16.9. The molecule has 0 fully saturated rings. The number of rotatable bonds is 5. The summed E-state index contributed by atoms with van der Waals surface area (Å²) in [6.07, 6.45) is 0.259. The zero-order valence-electron chi connectivity index (χ0n) is 15.8. The zero-order chi connectivity index (χ0) is 20.5. The second kappa shape index (κ2) is 7.42. The van der Waals surface area contributed by atoms with Gasteiger partial charge >= 0.3 is 0 Å². The van der Waals surface area contributed by atoms with Crippen molar-refractivity contribution in [3.63, 3.8) is 0 Å². The van der Waals surface area contributed by atoms with Crippen LogP contribution in [0.15, 0.2) is 48.8 Å². The second-order valence-electron chi connectivity index (χ2n) is 6.70. The van der Waals surface area contributed by atoms with Gasteiger partial charge in [0.1, 0.15) is 11.3 Å². The molecule has 1 N–H and O–H groups in total. The predicted molar refractivity (Wildman–Crippen MR) is 103 cm³/mol. The number of nitrogens with zero attached hydrogens (tertiary/aromatic N) is 5. The molecule has 4 aromatic rings. The maximum atomic E-state index is 13.2. The number of hydrogen-bond acceptors (Lipinski definition) is 4. The molecule has 0 atom stereocenters. The second-order valence-corrected chi connectivity index (χ2v) is 6.70. The van der Waals surface area contributed by atoms with E-state index >= 15 is 0 Å². The van der Waals surface area contributed by atoms with Gasteiger partial charge in [-0.25, -0.2) is 18.3 Å². The van der Waals surface area contributed by atoms with Crippen molar-refractivity contribution in [1.29, 1.82) is 0 Å². The smallest absolute Gasteiger partial charge is 0.280 e. The summed E-state index contributed by atoms with van der Waals surface area (Å²) in [6, 6.07) is 10.9. The van der Waals surface area contributed by atoms with Gasteiger partial charge in [-0.3, -0.25) is 9.48 Å². The van der Waals surface area contributed by atoms with Crippen LogP contribution < -0.4 is 5.32 Å². The van der Waals surface area contributed by atoms with E-state index in [0.29, 0.717) is 18.1 Å². The third-order valence-corrected chi connectivity index (χ3v) is 4.57. The Bertz CT molecular complexity index is 1200. The number of carbonyl (C=O) groups is 1. The molecular weight excluding hydrogens is 378 g/mol. The number of nitrogens with one attached hydrogen (secondary N) is 1. The number of fused-ring (bicyclic) bond motifs is 1. The number of aryl methyl sites for hydroxylation is 2. The molecule has 9 heteroatoms. The van der Waals surface area contributed by atoms with E-state index in [2.05, 4.69) is 20.5 Å². The van der Waals surface area contributed by atoms with Gasteiger partial charge in [-0.15, -0.1) is 0 Å². The third kappa shape index (κ3) is 3.71. The normalized spacial score (nSPS) is 11.3. The molecule has 0 aliphatic heterocycles. The molecule has 0 spiro atoms. The topological polar surface area (TPSA) is 77.1 Å². The Morgan fingerprint density at radius 3 is 2.76 bits per heavy atom. The summed E-state index contributed by atoms with van der Waals surface area (Å²) in [6.45, 7) is 4.18. The maximum Gasteiger partial charge on any atom is 0.280 e. The van der Waals surface area contributed by atoms with Crippen molar-refractivity contribution in [2.45, 2.75) is 26.8 Å². The van der Waals surface area contributed by atoms with E-state index in [0.717, 1.165) is 15.6 Å². The molecule has 0 radical (unpaired) electrons.